The Balaban J connectivity index is 3.20. The van der Waals surface area contributed by atoms with E-state index in [0.29, 0.717) is 11.4 Å². The van der Waals surface area contributed by atoms with E-state index in [-0.39, 0.29) is 18.3 Å². The molecule has 0 fully saturated rings. The van der Waals surface area contributed by atoms with E-state index in [9.17, 15) is 4.79 Å². The molecule has 0 saturated heterocycles. The molecule has 0 aliphatic rings. The predicted molar refractivity (Wildman–Crippen MR) is 65.0 cm³/mol. The van der Waals surface area contributed by atoms with Crippen molar-refractivity contribution in [3.05, 3.63) is 17.8 Å². The number of carbonyl (C=O) groups is 1. The summed E-state index contributed by atoms with van der Waals surface area (Å²) in [4.78, 5) is 16.8. The third kappa shape index (κ3) is 2.84. The average Bonchev–Trinajstić information content (AvgIpc) is 2.26. The van der Waals surface area contributed by atoms with Crippen LogP contribution in [0.15, 0.2) is 12.3 Å². The third-order valence-electron chi connectivity index (χ3n) is 2.31. The van der Waals surface area contributed by atoms with E-state index >= 15 is 0 Å². The van der Waals surface area contributed by atoms with Gasteiger partial charge >= 0.3 is 0 Å². The van der Waals surface area contributed by atoms with E-state index in [2.05, 4.69) is 4.98 Å². The van der Waals surface area contributed by atoms with Gasteiger partial charge in [0.25, 0.3) is 0 Å². The van der Waals surface area contributed by atoms with Crippen LogP contribution in [0, 0.1) is 11.3 Å². The van der Waals surface area contributed by atoms with Gasteiger partial charge in [0, 0.05) is 12.2 Å². The predicted octanol–water partition coefficient (Wildman–Crippen LogP) is 0.236. The van der Waals surface area contributed by atoms with Crippen molar-refractivity contribution in [3.8, 4) is 6.07 Å². The molecule has 6 nitrogen and oxygen atoms in total. The van der Waals surface area contributed by atoms with E-state index in [1.165, 1.54) is 12.3 Å². The highest BCUT2D eigenvalue weighted by Crippen LogP contribution is 2.24. The Morgan fingerprint density at radius 1 is 1.65 bits per heavy atom. The first kappa shape index (κ1) is 12.8. The van der Waals surface area contributed by atoms with Crippen LogP contribution in [0.5, 0.6) is 0 Å². The molecule has 1 aromatic heterocycles. The van der Waals surface area contributed by atoms with Crippen LogP contribution in [0.4, 0.5) is 11.5 Å². The first-order valence-corrected chi connectivity index (χ1v) is 5.17. The second kappa shape index (κ2) is 5.16. The van der Waals surface area contributed by atoms with E-state index in [1.54, 1.807) is 4.90 Å². The smallest absolute Gasteiger partial charge is 0.237 e. The largest absolute Gasteiger partial charge is 0.395 e. The van der Waals surface area contributed by atoms with Crippen molar-refractivity contribution in [1.29, 1.82) is 5.26 Å². The van der Waals surface area contributed by atoms with Crippen LogP contribution in [-0.4, -0.2) is 23.5 Å². The minimum absolute atomic E-state index is 0.00578. The summed E-state index contributed by atoms with van der Waals surface area (Å²) in [7, 11) is 0. The second-order valence-electron chi connectivity index (χ2n) is 3.90. The summed E-state index contributed by atoms with van der Waals surface area (Å²) in [6.07, 6.45) is 1.49. The lowest BCUT2D eigenvalue weighted by molar-refractivity contribution is -0.116. The highest BCUT2D eigenvalue weighted by molar-refractivity contribution is 5.81. The standard InChI is InChI=1S/C11H15N5O/c1-7(2)16(6-9(13)17)11-10(14)8(5-12)3-4-15-11/h3-4,7H,6,14H2,1-2H3,(H2,13,17). The average molecular weight is 233 g/mol. The van der Waals surface area contributed by atoms with Crippen molar-refractivity contribution >= 4 is 17.4 Å². The summed E-state index contributed by atoms with van der Waals surface area (Å²) in [5.41, 5.74) is 11.6. The number of hydrogen-bond acceptors (Lipinski definition) is 5. The molecule has 0 saturated carbocycles. The molecule has 1 amide bonds. The second-order valence-corrected chi connectivity index (χ2v) is 3.90. The van der Waals surface area contributed by atoms with Crippen LogP contribution in [0.1, 0.15) is 19.4 Å². The topological polar surface area (TPSA) is 109 Å². The highest BCUT2D eigenvalue weighted by atomic mass is 16.1. The lowest BCUT2D eigenvalue weighted by Gasteiger charge is -2.27. The van der Waals surface area contributed by atoms with E-state index in [0.717, 1.165) is 0 Å². The normalized spacial score (nSPS) is 10.0. The zero-order chi connectivity index (χ0) is 13.0. The van der Waals surface area contributed by atoms with Gasteiger partial charge in [0.1, 0.15) is 6.07 Å². The van der Waals surface area contributed by atoms with Crippen molar-refractivity contribution in [1.82, 2.24) is 4.98 Å². The minimum Gasteiger partial charge on any atom is -0.395 e. The summed E-state index contributed by atoms with van der Waals surface area (Å²) in [5, 5.41) is 8.88. The fraction of sp³-hybridized carbons (Fsp3) is 0.364. The molecule has 1 heterocycles. The van der Waals surface area contributed by atoms with E-state index < -0.39 is 5.91 Å². The Morgan fingerprint density at radius 2 is 2.29 bits per heavy atom. The molecule has 0 spiro atoms. The molecule has 0 aliphatic heterocycles. The Hall–Kier alpha value is -2.29. The Kier molecular flexibility index (Phi) is 3.88. The van der Waals surface area contributed by atoms with Gasteiger partial charge in [-0.05, 0) is 19.9 Å². The molecule has 0 aliphatic carbocycles. The molecular formula is C11H15N5O. The zero-order valence-corrected chi connectivity index (χ0v) is 9.84. The summed E-state index contributed by atoms with van der Waals surface area (Å²) in [5.74, 6) is -0.0555. The molecule has 4 N–H and O–H groups in total. The van der Waals surface area contributed by atoms with Crippen LogP contribution >= 0.6 is 0 Å². The summed E-state index contributed by atoms with van der Waals surface area (Å²) in [6, 6.07) is 3.51. The number of hydrogen-bond donors (Lipinski definition) is 2. The molecule has 0 atom stereocenters. The lowest BCUT2D eigenvalue weighted by Crippen LogP contribution is -2.39. The Bertz CT molecular complexity index is 463. The number of nitrogen functional groups attached to an aromatic ring is 1. The number of nitriles is 1. The van der Waals surface area contributed by atoms with E-state index in [4.69, 9.17) is 16.7 Å². The molecule has 6 heteroatoms. The van der Waals surface area contributed by atoms with Crippen LogP contribution < -0.4 is 16.4 Å². The maximum absolute atomic E-state index is 11.0. The number of anilines is 2. The fourth-order valence-electron chi connectivity index (χ4n) is 1.46. The van der Waals surface area contributed by atoms with Gasteiger partial charge in [-0.25, -0.2) is 4.98 Å². The molecule has 1 aromatic rings. The van der Waals surface area contributed by atoms with Crippen LogP contribution in [0.25, 0.3) is 0 Å². The number of pyridine rings is 1. The first-order chi connectivity index (χ1) is 7.97. The van der Waals surface area contributed by atoms with Gasteiger partial charge in [-0.3, -0.25) is 4.79 Å². The number of rotatable bonds is 4. The van der Waals surface area contributed by atoms with Gasteiger partial charge < -0.3 is 16.4 Å². The SMILES string of the molecule is CC(C)N(CC(N)=O)c1nccc(C#N)c1N. The number of amides is 1. The van der Waals surface area contributed by atoms with Crippen molar-refractivity contribution in [2.75, 3.05) is 17.2 Å². The van der Waals surface area contributed by atoms with Crippen LogP contribution in [0.2, 0.25) is 0 Å². The molecule has 0 bridgehead atoms. The minimum atomic E-state index is -0.470. The first-order valence-electron chi connectivity index (χ1n) is 5.17. The van der Waals surface area contributed by atoms with Gasteiger partial charge in [-0.1, -0.05) is 0 Å². The number of primary amides is 1. The van der Waals surface area contributed by atoms with Gasteiger partial charge in [-0.2, -0.15) is 5.26 Å². The zero-order valence-electron chi connectivity index (χ0n) is 9.84. The van der Waals surface area contributed by atoms with Crippen molar-refractivity contribution in [2.24, 2.45) is 5.73 Å². The van der Waals surface area contributed by atoms with Gasteiger partial charge in [0.2, 0.25) is 5.91 Å². The maximum atomic E-state index is 11.0. The Morgan fingerprint density at radius 3 is 2.76 bits per heavy atom. The fourth-order valence-corrected chi connectivity index (χ4v) is 1.46. The van der Waals surface area contributed by atoms with E-state index in [1.807, 2.05) is 19.9 Å². The van der Waals surface area contributed by atoms with Crippen molar-refractivity contribution < 1.29 is 4.79 Å². The molecule has 1 rings (SSSR count). The molecule has 0 aromatic carbocycles. The van der Waals surface area contributed by atoms with Crippen molar-refractivity contribution in [3.63, 3.8) is 0 Å². The quantitative estimate of drug-likeness (QED) is 0.774. The van der Waals surface area contributed by atoms with Crippen LogP contribution in [-0.2, 0) is 4.79 Å². The lowest BCUT2D eigenvalue weighted by atomic mass is 10.2. The third-order valence-corrected chi connectivity index (χ3v) is 2.31. The van der Waals surface area contributed by atoms with Crippen molar-refractivity contribution in [2.45, 2.75) is 19.9 Å². The van der Waals surface area contributed by atoms with Crippen LogP contribution in [0.3, 0.4) is 0 Å². The molecule has 90 valence electrons. The number of nitrogens with zero attached hydrogens (tertiary/aromatic N) is 3. The molecule has 0 radical (unpaired) electrons. The summed E-state index contributed by atoms with van der Waals surface area (Å²) < 4.78 is 0. The monoisotopic (exact) mass is 233 g/mol. The summed E-state index contributed by atoms with van der Waals surface area (Å²) in [6.45, 7) is 3.80. The molecule has 0 unspecified atom stereocenters. The summed E-state index contributed by atoms with van der Waals surface area (Å²) >= 11 is 0. The number of nitrogens with two attached hydrogens (primary N) is 2. The number of aromatic nitrogens is 1. The highest BCUT2D eigenvalue weighted by Gasteiger charge is 2.18. The maximum Gasteiger partial charge on any atom is 0.237 e. The van der Waals surface area contributed by atoms with Gasteiger partial charge in [-0.15, -0.1) is 0 Å². The molecule has 17 heavy (non-hydrogen) atoms. The van der Waals surface area contributed by atoms with Gasteiger partial charge in [0.05, 0.1) is 17.8 Å². The Labute approximate surface area is 99.8 Å². The molecular weight excluding hydrogens is 218 g/mol. The van der Waals surface area contributed by atoms with Gasteiger partial charge in [0.15, 0.2) is 5.82 Å². The number of carbonyl (C=O) groups excluding carboxylic acids is 1.